The molecule has 0 N–H and O–H groups in total. The van der Waals surface area contributed by atoms with Gasteiger partial charge in [-0.1, -0.05) is 108 Å². The van der Waals surface area contributed by atoms with Crippen molar-refractivity contribution in [1.82, 2.24) is 10.2 Å². The molecular weight excluding hydrogens is 396 g/mol. The van der Waals surface area contributed by atoms with Crippen molar-refractivity contribution in [3.8, 4) is 44.8 Å². The first-order valence-electron chi connectivity index (χ1n) is 10.1. The molecule has 0 spiro atoms. The molecule has 3 heteroatoms. The van der Waals surface area contributed by atoms with Crippen LogP contribution in [0.3, 0.4) is 0 Å². The molecule has 0 atom stereocenters. The van der Waals surface area contributed by atoms with Crippen LogP contribution in [0.5, 0.6) is 0 Å². The topological polar surface area (TPSA) is 25.8 Å². The van der Waals surface area contributed by atoms with Crippen molar-refractivity contribution in [1.29, 1.82) is 0 Å². The van der Waals surface area contributed by atoms with Gasteiger partial charge in [0.05, 0.1) is 11.8 Å². The zero-order chi connectivity index (χ0) is 20.9. The lowest BCUT2D eigenvalue weighted by Gasteiger charge is -1.97. The van der Waals surface area contributed by atoms with E-state index in [4.69, 9.17) is 0 Å². The van der Waals surface area contributed by atoms with Gasteiger partial charge in [-0.3, -0.25) is 0 Å². The van der Waals surface area contributed by atoms with E-state index in [1.807, 2.05) is 48.6 Å². The molecule has 5 rings (SSSR count). The molecule has 0 amide bonds. The largest absolute Gasteiger partial charge is 0.148 e. The highest BCUT2D eigenvalue weighted by molar-refractivity contribution is 7.17. The second kappa shape index (κ2) is 8.84. The Bertz CT molecular complexity index is 1200. The number of rotatable bonds is 2. The molecule has 3 aromatic rings. The van der Waals surface area contributed by atoms with Crippen LogP contribution in [0.1, 0.15) is 11.1 Å². The zero-order valence-electron chi connectivity index (χ0n) is 16.7. The Labute approximate surface area is 186 Å². The van der Waals surface area contributed by atoms with E-state index in [1.54, 1.807) is 11.3 Å². The SMILES string of the molecule is C(#CC1C=CC=C1)c1ccc(-c2nnc(-c3ccc(C#CC4C=CC=C4)cc3)s2)cc1. The van der Waals surface area contributed by atoms with Gasteiger partial charge < -0.3 is 0 Å². The van der Waals surface area contributed by atoms with Gasteiger partial charge >= 0.3 is 0 Å². The fraction of sp³-hybridized carbons (Fsp3) is 0.0714. The summed E-state index contributed by atoms with van der Waals surface area (Å²) in [6.45, 7) is 0. The van der Waals surface area contributed by atoms with Crippen LogP contribution in [0.25, 0.3) is 21.1 Å². The number of hydrogen-bond donors (Lipinski definition) is 0. The minimum Gasteiger partial charge on any atom is -0.138 e. The predicted octanol–water partition coefficient (Wildman–Crippen LogP) is 6.06. The van der Waals surface area contributed by atoms with Crippen LogP contribution in [-0.2, 0) is 0 Å². The highest BCUT2D eigenvalue weighted by Gasteiger charge is 2.09. The third-order valence-corrected chi connectivity index (χ3v) is 5.97. The van der Waals surface area contributed by atoms with Crippen LogP contribution in [0, 0.1) is 35.5 Å². The molecule has 1 heterocycles. The van der Waals surface area contributed by atoms with E-state index >= 15 is 0 Å². The van der Waals surface area contributed by atoms with Gasteiger partial charge in [0.1, 0.15) is 10.0 Å². The molecule has 1 aromatic heterocycles. The second-order valence-corrected chi connectivity index (χ2v) is 8.17. The lowest BCUT2D eigenvalue weighted by molar-refractivity contribution is 1.10. The smallest absolute Gasteiger partial charge is 0.138 e. The van der Waals surface area contributed by atoms with Crippen LogP contribution in [0.2, 0.25) is 0 Å². The van der Waals surface area contributed by atoms with Crippen LogP contribution < -0.4 is 0 Å². The molecular formula is C28H18N2S. The van der Waals surface area contributed by atoms with Crippen molar-refractivity contribution in [2.75, 3.05) is 0 Å². The minimum atomic E-state index is 0.221. The summed E-state index contributed by atoms with van der Waals surface area (Å²) >= 11 is 1.59. The van der Waals surface area contributed by atoms with E-state index < -0.39 is 0 Å². The summed E-state index contributed by atoms with van der Waals surface area (Å²) < 4.78 is 0. The molecule has 0 radical (unpaired) electrons. The normalized spacial score (nSPS) is 14.5. The third-order valence-electron chi connectivity index (χ3n) is 4.95. The van der Waals surface area contributed by atoms with Gasteiger partial charge in [0.25, 0.3) is 0 Å². The maximum absolute atomic E-state index is 4.38. The number of aromatic nitrogens is 2. The van der Waals surface area contributed by atoms with E-state index in [0.29, 0.717) is 0 Å². The zero-order valence-corrected chi connectivity index (χ0v) is 17.5. The Kier molecular flexibility index (Phi) is 5.44. The quantitative estimate of drug-likeness (QED) is 0.476. The fourth-order valence-corrected chi connectivity index (χ4v) is 4.09. The van der Waals surface area contributed by atoms with Gasteiger partial charge in [-0.25, -0.2) is 0 Å². The van der Waals surface area contributed by atoms with Gasteiger partial charge in [-0.2, -0.15) is 0 Å². The van der Waals surface area contributed by atoms with E-state index in [1.165, 1.54) is 0 Å². The molecule has 31 heavy (non-hydrogen) atoms. The first-order chi connectivity index (χ1) is 15.3. The van der Waals surface area contributed by atoms with Crippen molar-refractivity contribution < 1.29 is 0 Å². The summed E-state index contributed by atoms with van der Waals surface area (Å²) in [5.41, 5.74) is 4.11. The molecule has 0 aliphatic heterocycles. The highest BCUT2D eigenvalue weighted by atomic mass is 32.1. The van der Waals surface area contributed by atoms with Crippen molar-refractivity contribution in [2.45, 2.75) is 0 Å². The summed E-state index contributed by atoms with van der Waals surface area (Å²) in [6, 6.07) is 16.4. The Hall–Kier alpha value is -3.92. The molecule has 2 aromatic carbocycles. The predicted molar refractivity (Wildman–Crippen MR) is 128 cm³/mol. The number of hydrogen-bond acceptors (Lipinski definition) is 3. The van der Waals surface area contributed by atoms with Crippen LogP contribution in [0.15, 0.2) is 97.1 Å². The lowest BCUT2D eigenvalue weighted by atomic mass is 10.1. The van der Waals surface area contributed by atoms with Gasteiger partial charge in [0.2, 0.25) is 0 Å². The lowest BCUT2D eigenvalue weighted by Crippen LogP contribution is -1.83. The number of allylic oxidation sites excluding steroid dienone is 8. The van der Waals surface area contributed by atoms with Gasteiger partial charge in [-0.15, -0.1) is 10.2 Å². The molecule has 0 unspecified atom stereocenters. The first-order valence-corrected chi connectivity index (χ1v) is 10.9. The summed E-state index contributed by atoms with van der Waals surface area (Å²) in [4.78, 5) is 0. The molecule has 0 fully saturated rings. The highest BCUT2D eigenvalue weighted by Crippen LogP contribution is 2.30. The van der Waals surface area contributed by atoms with Crippen molar-refractivity contribution >= 4 is 11.3 Å². The number of benzene rings is 2. The van der Waals surface area contributed by atoms with E-state index in [9.17, 15) is 0 Å². The molecule has 2 aliphatic rings. The number of nitrogens with zero attached hydrogens (tertiary/aromatic N) is 2. The average molecular weight is 415 g/mol. The summed E-state index contributed by atoms with van der Waals surface area (Å²) in [5.74, 6) is 13.4. The monoisotopic (exact) mass is 414 g/mol. The Morgan fingerprint density at radius 1 is 0.548 bits per heavy atom. The van der Waals surface area contributed by atoms with Crippen molar-refractivity contribution in [3.05, 3.63) is 108 Å². The summed E-state index contributed by atoms with van der Waals surface area (Å²) in [5, 5.41) is 10.6. The van der Waals surface area contributed by atoms with Gasteiger partial charge in [0, 0.05) is 22.3 Å². The van der Waals surface area contributed by atoms with Crippen LogP contribution in [0.4, 0.5) is 0 Å². The van der Waals surface area contributed by atoms with Gasteiger partial charge in [-0.05, 0) is 24.3 Å². The molecule has 0 saturated heterocycles. The minimum absolute atomic E-state index is 0.221. The third kappa shape index (κ3) is 4.64. The van der Waals surface area contributed by atoms with E-state index in [-0.39, 0.29) is 11.8 Å². The molecule has 0 bridgehead atoms. The van der Waals surface area contributed by atoms with Crippen molar-refractivity contribution in [3.63, 3.8) is 0 Å². The van der Waals surface area contributed by atoms with Gasteiger partial charge in [0.15, 0.2) is 0 Å². The van der Waals surface area contributed by atoms with E-state index in [0.717, 1.165) is 32.3 Å². The molecule has 0 saturated carbocycles. The molecule has 146 valence electrons. The van der Waals surface area contributed by atoms with Crippen LogP contribution in [-0.4, -0.2) is 10.2 Å². The first kappa shape index (κ1) is 19.1. The maximum Gasteiger partial charge on any atom is 0.148 e. The van der Waals surface area contributed by atoms with Crippen molar-refractivity contribution in [2.24, 2.45) is 11.8 Å². The second-order valence-electron chi connectivity index (χ2n) is 7.20. The Balaban J connectivity index is 1.28. The average Bonchev–Trinajstić information content (AvgIpc) is 3.60. The fourth-order valence-electron chi connectivity index (χ4n) is 3.24. The molecule has 2 nitrogen and oxygen atoms in total. The summed E-state index contributed by atoms with van der Waals surface area (Å²) in [7, 11) is 0. The Morgan fingerprint density at radius 3 is 1.32 bits per heavy atom. The van der Waals surface area contributed by atoms with Crippen LogP contribution >= 0.6 is 11.3 Å². The standard InChI is InChI=1S/C28H18N2S/c1-2-6-21(5-1)9-11-23-13-17-25(18-14-23)27-29-30-28(31-27)26-19-15-24(16-20-26)12-10-22-7-3-4-8-22/h1-8,13-22H. The van der Waals surface area contributed by atoms with E-state index in [2.05, 4.69) is 82.4 Å². The maximum atomic E-state index is 4.38. The summed E-state index contributed by atoms with van der Waals surface area (Å²) in [6.07, 6.45) is 16.5. The Morgan fingerprint density at radius 2 is 0.935 bits per heavy atom. The molecule has 2 aliphatic carbocycles.